The number of hydrogen-bond acceptors (Lipinski definition) is 4. The van der Waals surface area contributed by atoms with Crippen molar-refractivity contribution in [3.8, 4) is 0 Å². The van der Waals surface area contributed by atoms with Gasteiger partial charge in [-0.1, -0.05) is 76.9 Å². The highest BCUT2D eigenvalue weighted by atomic mass is 16.4. The standard InChI is InChI=1S/C18H32O4/c1-2-3-4-5-6-7-8-9-10-11-12-15(19)18(22)16(20)13-14-17(18)21/h13-14,16-17,20-22H,2-12H2,1H3/t16-,17-/m0/s1. The van der Waals surface area contributed by atoms with Crippen LogP contribution in [0.1, 0.15) is 77.6 Å². The Bertz CT molecular complexity index is 339. The summed E-state index contributed by atoms with van der Waals surface area (Å²) in [6.07, 6.45) is 11.9. The molecular formula is C18H32O4. The lowest BCUT2D eigenvalue weighted by molar-refractivity contribution is -0.157. The second-order valence-electron chi connectivity index (χ2n) is 6.46. The molecule has 0 saturated carbocycles. The summed E-state index contributed by atoms with van der Waals surface area (Å²) in [5, 5.41) is 29.4. The van der Waals surface area contributed by atoms with E-state index in [0.29, 0.717) is 6.42 Å². The predicted octanol–water partition coefficient (Wildman–Crippen LogP) is 2.89. The first-order valence-corrected chi connectivity index (χ1v) is 8.83. The highest BCUT2D eigenvalue weighted by Gasteiger charge is 2.49. The zero-order chi connectivity index (χ0) is 16.4. The summed E-state index contributed by atoms with van der Waals surface area (Å²) in [5.41, 5.74) is -2.03. The molecule has 0 spiro atoms. The summed E-state index contributed by atoms with van der Waals surface area (Å²) in [7, 11) is 0. The third-order valence-electron chi connectivity index (χ3n) is 4.58. The van der Waals surface area contributed by atoms with Gasteiger partial charge >= 0.3 is 0 Å². The molecule has 3 N–H and O–H groups in total. The number of aliphatic hydroxyl groups is 3. The molecule has 0 aromatic rings. The molecule has 0 unspecified atom stereocenters. The molecule has 22 heavy (non-hydrogen) atoms. The van der Waals surface area contributed by atoms with E-state index in [9.17, 15) is 20.1 Å². The number of rotatable bonds is 12. The molecule has 1 rings (SSSR count). The van der Waals surface area contributed by atoms with Crippen LogP contribution in [0.25, 0.3) is 0 Å². The van der Waals surface area contributed by atoms with Gasteiger partial charge < -0.3 is 15.3 Å². The second kappa shape index (κ2) is 10.1. The van der Waals surface area contributed by atoms with Crippen molar-refractivity contribution in [2.45, 2.75) is 95.4 Å². The first kappa shape index (κ1) is 19.3. The quantitative estimate of drug-likeness (QED) is 0.382. The Labute approximate surface area is 134 Å². The minimum absolute atomic E-state index is 0.211. The summed E-state index contributed by atoms with van der Waals surface area (Å²) in [5.74, 6) is -0.461. The third-order valence-corrected chi connectivity index (χ3v) is 4.58. The molecule has 128 valence electrons. The van der Waals surface area contributed by atoms with Gasteiger partial charge in [0.15, 0.2) is 11.4 Å². The van der Waals surface area contributed by atoms with Crippen molar-refractivity contribution in [3.63, 3.8) is 0 Å². The Balaban J connectivity index is 2.04. The average molecular weight is 312 g/mol. The van der Waals surface area contributed by atoms with Crippen LogP contribution < -0.4 is 0 Å². The van der Waals surface area contributed by atoms with Crippen LogP contribution >= 0.6 is 0 Å². The van der Waals surface area contributed by atoms with Crippen molar-refractivity contribution in [3.05, 3.63) is 12.2 Å². The van der Waals surface area contributed by atoms with Crippen molar-refractivity contribution < 1.29 is 20.1 Å². The van der Waals surface area contributed by atoms with Crippen LogP contribution in [0, 0.1) is 0 Å². The van der Waals surface area contributed by atoms with E-state index in [4.69, 9.17) is 0 Å². The first-order chi connectivity index (χ1) is 10.5. The van der Waals surface area contributed by atoms with Gasteiger partial charge in [0.2, 0.25) is 0 Å². The summed E-state index contributed by atoms with van der Waals surface area (Å²) in [4.78, 5) is 12.0. The van der Waals surface area contributed by atoms with Crippen molar-refractivity contribution in [1.82, 2.24) is 0 Å². The topological polar surface area (TPSA) is 77.8 Å². The van der Waals surface area contributed by atoms with Crippen LogP contribution in [0.4, 0.5) is 0 Å². The maximum atomic E-state index is 12.0. The lowest BCUT2D eigenvalue weighted by Crippen LogP contribution is -2.53. The largest absolute Gasteiger partial charge is 0.385 e. The Morgan fingerprint density at radius 1 is 0.864 bits per heavy atom. The smallest absolute Gasteiger partial charge is 0.181 e. The van der Waals surface area contributed by atoms with Gasteiger partial charge in [0.05, 0.1) is 0 Å². The molecular weight excluding hydrogens is 280 g/mol. The molecule has 0 heterocycles. The number of Topliss-reactive ketones (excluding diaryl/α,β-unsaturated/α-hetero) is 1. The van der Waals surface area contributed by atoms with Gasteiger partial charge in [-0.25, -0.2) is 0 Å². The zero-order valence-corrected chi connectivity index (χ0v) is 13.8. The van der Waals surface area contributed by atoms with E-state index in [-0.39, 0.29) is 6.42 Å². The lowest BCUT2D eigenvalue weighted by Gasteiger charge is -2.28. The fourth-order valence-corrected chi connectivity index (χ4v) is 2.98. The van der Waals surface area contributed by atoms with Crippen LogP contribution in [0.3, 0.4) is 0 Å². The fourth-order valence-electron chi connectivity index (χ4n) is 2.98. The predicted molar refractivity (Wildman–Crippen MR) is 87.6 cm³/mol. The molecule has 0 aromatic heterocycles. The van der Waals surface area contributed by atoms with Crippen molar-refractivity contribution in [1.29, 1.82) is 0 Å². The van der Waals surface area contributed by atoms with Crippen LogP contribution in [0.15, 0.2) is 12.2 Å². The van der Waals surface area contributed by atoms with Gasteiger partial charge in [0.25, 0.3) is 0 Å². The van der Waals surface area contributed by atoms with Gasteiger partial charge in [-0.15, -0.1) is 0 Å². The van der Waals surface area contributed by atoms with E-state index in [1.54, 1.807) is 0 Å². The van der Waals surface area contributed by atoms with Gasteiger partial charge in [-0.3, -0.25) is 4.79 Å². The van der Waals surface area contributed by atoms with Gasteiger partial charge in [-0.05, 0) is 6.42 Å². The number of hydrogen-bond donors (Lipinski definition) is 3. The first-order valence-electron chi connectivity index (χ1n) is 8.83. The van der Waals surface area contributed by atoms with Crippen molar-refractivity contribution >= 4 is 5.78 Å². The van der Waals surface area contributed by atoms with E-state index in [0.717, 1.165) is 12.8 Å². The minimum atomic E-state index is -2.03. The molecule has 0 fully saturated rings. The molecule has 4 heteroatoms. The summed E-state index contributed by atoms with van der Waals surface area (Å²) in [6, 6.07) is 0. The Morgan fingerprint density at radius 3 is 1.73 bits per heavy atom. The zero-order valence-electron chi connectivity index (χ0n) is 13.8. The number of carbonyl (C=O) groups is 1. The van der Waals surface area contributed by atoms with Crippen molar-refractivity contribution in [2.24, 2.45) is 0 Å². The lowest BCUT2D eigenvalue weighted by atomic mass is 9.88. The Morgan fingerprint density at radius 2 is 1.27 bits per heavy atom. The maximum Gasteiger partial charge on any atom is 0.181 e. The van der Waals surface area contributed by atoms with Crippen molar-refractivity contribution in [2.75, 3.05) is 0 Å². The summed E-state index contributed by atoms with van der Waals surface area (Å²) < 4.78 is 0. The van der Waals surface area contributed by atoms with Gasteiger partial charge in [0.1, 0.15) is 12.2 Å². The van der Waals surface area contributed by atoms with E-state index in [1.165, 1.54) is 57.1 Å². The monoisotopic (exact) mass is 312 g/mol. The number of ketones is 1. The normalized spacial score (nSPS) is 23.1. The van der Waals surface area contributed by atoms with E-state index < -0.39 is 23.6 Å². The second-order valence-corrected chi connectivity index (χ2v) is 6.46. The molecule has 2 atom stereocenters. The fraction of sp³-hybridized carbons (Fsp3) is 0.833. The summed E-state index contributed by atoms with van der Waals surface area (Å²) in [6.45, 7) is 2.22. The number of unbranched alkanes of at least 4 members (excludes halogenated alkanes) is 9. The molecule has 0 amide bonds. The van der Waals surface area contributed by atoms with Crippen LogP contribution in [0.5, 0.6) is 0 Å². The van der Waals surface area contributed by atoms with E-state index >= 15 is 0 Å². The molecule has 0 aliphatic heterocycles. The minimum Gasteiger partial charge on any atom is -0.385 e. The molecule has 0 saturated heterocycles. The molecule has 1 aliphatic carbocycles. The molecule has 0 bridgehead atoms. The van der Waals surface area contributed by atoms with E-state index in [1.807, 2.05) is 0 Å². The number of aliphatic hydroxyl groups excluding tert-OH is 2. The van der Waals surface area contributed by atoms with Crippen LogP contribution in [-0.2, 0) is 4.79 Å². The molecule has 4 nitrogen and oxygen atoms in total. The van der Waals surface area contributed by atoms with E-state index in [2.05, 4.69) is 6.92 Å². The average Bonchev–Trinajstić information content (AvgIpc) is 2.77. The van der Waals surface area contributed by atoms with Crippen LogP contribution in [0.2, 0.25) is 0 Å². The third kappa shape index (κ3) is 5.49. The highest BCUT2D eigenvalue weighted by Crippen LogP contribution is 2.27. The highest BCUT2D eigenvalue weighted by molar-refractivity contribution is 5.89. The summed E-state index contributed by atoms with van der Waals surface area (Å²) >= 11 is 0. The van der Waals surface area contributed by atoms with Gasteiger partial charge in [-0.2, -0.15) is 0 Å². The van der Waals surface area contributed by atoms with Crippen LogP contribution in [-0.4, -0.2) is 38.9 Å². The maximum absolute atomic E-state index is 12.0. The Hall–Kier alpha value is -0.710. The van der Waals surface area contributed by atoms with Gasteiger partial charge in [0, 0.05) is 6.42 Å². The number of carbonyl (C=O) groups excluding carboxylic acids is 1. The molecule has 1 aliphatic rings. The SMILES string of the molecule is CCCCCCCCCCCCC(=O)C1(O)[C@@H](O)C=C[C@@H]1O. The molecule has 0 radical (unpaired) electrons. The Kier molecular flexibility index (Phi) is 8.91. The molecule has 0 aromatic carbocycles.